The van der Waals surface area contributed by atoms with Gasteiger partial charge in [0.05, 0.1) is 12.5 Å². The summed E-state index contributed by atoms with van der Waals surface area (Å²) in [5, 5.41) is 28.0. The van der Waals surface area contributed by atoms with Crippen LogP contribution in [0.1, 0.15) is 18.1 Å². The lowest BCUT2D eigenvalue weighted by Gasteiger charge is -2.17. The molecule has 1 rings (SSSR count). The number of aromatic hydroxyl groups is 1. The van der Waals surface area contributed by atoms with Crippen molar-refractivity contribution < 1.29 is 24.5 Å². The summed E-state index contributed by atoms with van der Waals surface area (Å²) >= 11 is 0. The number of phenols is 1. The highest BCUT2D eigenvalue weighted by molar-refractivity contribution is 5.74. The van der Waals surface area contributed by atoms with Crippen LogP contribution in [0.2, 0.25) is 0 Å². The first-order valence-corrected chi connectivity index (χ1v) is 4.54. The van der Waals surface area contributed by atoms with E-state index in [2.05, 4.69) is 0 Å². The van der Waals surface area contributed by atoms with Crippen molar-refractivity contribution in [3.8, 4) is 5.75 Å². The quantitative estimate of drug-likeness (QED) is 0.574. The van der Waals surface area contributed by atoms with Crippen LogP contribution >= 0.6 is 0 Å². The van der Waals surface area contributed by atoms with Crippen LogP contribution in [0.3, 0.4) is 0 Å². The molecule has 5 nitrogen and oxygen atoms in total. The monoisotopic (exact) mass is 229 g/mol. The van der Waals surface area contributed by atoms with E-state index in [9.17, 15) is 19.4 Å². The molecular formula is C10H12FNO4. The molecule has 0 heterocycles. The molecule has 0 saturated carbocycles. The Balaban J connectivity index is 2.90. The van der Waals surface area contributed by atoms with E-state index < -0.39 is 30.4 Å². The second-order valence-corrected chi connectivity index (χ2v) is 3.39. The zero-order valence-electron chi connectivity index (χ0n) is 8.30. The first-order valence-electron chi connectivity index (χ1n) is 4.54. The fraction of sp³-hybridized carbons (Fsp3) is 0.300. The Kier molecular flexibility index (Phi) is 3.81. The van der Waals surface area contributed by atoms with E-state index in [1.165, 1.54) is 0 Å². The summed E-state index contributed by atoms with van der Waals surface area (Å²) in [6, 6.07) is 3.03. The number of carbonyl (C=O) groups is 1. The minimum atomic E-state index is -1.61. The van der Waals surface area contributed by atoms with Crippen molar-refractivity contribution in [3.05, 3.63) is 29.6 Å². The van der Waals surface area contributed by atoms with Crippen molar-refractivity contribution in [3.63, 3.8) is 0 Å². The smallest absolute Gasteiger partial charge is 0.220 e. The van der Waals surface area contributed by atoms with Crippen molar-refractivity contribution in [2.45, 2.75) is 18.6 Å². The second-order valence-electron chi connectivity index (χ2n) is 3.39. The number of aliphatic hydroxyl groups is 2. The van der Waals surface area contributed by atoms with Crippen LogP contribution < -0.4 is 5.73 Å². The Morgan fingerprint density at radius 3 is 2.62 bits per heavy atom. The third-order valence-electron chi connectivity index (χ3n) is 2.07. The van der Waals surface area contributed by atoms with Gasteiger partial charge in [-0.15, -0.1) is 0 Å². The Labute approximate surface area is 90.9 Å². The highest BCUT2D eigenvalue weighted by atomic mass is 19.1. The molecule has 0 aliphatic heterocycles. The van der Waals surface area contributed by atoms with Gasteiger partial charge in [0, 0.05) is 5.56 Å². The molecule has 0 aromatic heterocycles. The van der Waals surface area contributed by atoms with Crippen molar-refractivity contribution in [1.82, 2.24) is 0 Å². The highest BCUT2D eigenvalue weighted by Gasteiger charge is 2.23. The number of amides is 1. The molecule has 1 amide bonds. The summed E-state index contributed by atoms with van der Waals surface area (Å²) in [4.78, 5) is 10.5. The number of carbonyl (C=O) groups excluding carboxylic acids is 1. The zero-order valence-corrected chi connectivity index (χ0v) is 8.30. The third kappa shape index (κ3) is 2.91. The molecule has 0 fully saturated rings. The first kappa shape index (κ1) is 12.4. The van der Waals surface area contributed by atoms with Crippen LogP contribution in [0.25, 0.3) is 0 Å². The predicted octanol–water partition coefficient (Wildman–Crippen LogP) is -0.199. The number of nitrogens with two attached hydrogens (primary N) is 1. The van der Waals surface area contributed by atoms with Gasteiger partial charge in [0.2, 0.25) is 5.91 Å². The molecule has 2 atom stereocenters. The summed E-state index contributed by atoms with van der Waals surface area (Å²) in [5.74, 6) is -1.84. The fourth-order valence-electron chi connectivity index (χ4n) is 1.28. The lowest BCUT2D eigenvalue weighted by molar-refractivity contribution is -0.121. The van der Waals surface area contributed by atoms with Crippen molar-refractivity contribution in [2.75, 3.05) is 0 Å². The van der Waals surface area contributed by atoms with Crippen molar-refractivity contribution >= 4 is 5.91 Å². The SMILES string of the molecule is NC(=O)CC(O)C(O)c1cc(O)ccc1F. The maximum Gasteiger partial charge on any atom is 0.220 e. The number of benzene rings is 1. The van der Waals surface area contributed by atoms with E-state index in [1.807, 2.05) is 0 Å². The molecule has 0 bridgehead atoms. The molecule has 88 valence electrons. The lowest BCUT2D eigenvalue weighted by Crippen LogP contribution is -2.26. The molecule has 0 radical (unpaired) electrons. The number of phenolic OH excluding ortho intramolecular Hbond substituents is 1. The van der Waals surface area contributed by atoms with E-state index in [4.69, 9.17) is 10.8 Å². The number of halogens is 1. The van der Waals surface area contributed by atoms with Gasteiger partial charge >= 0.3 is 0 Å². The number of aliphatic hydroxyl groups excluding tert-OH is 2. The minimum absolute atomic E-state index is 0.248. The van der Waals surface area contributed by atoms with Gasteiger partial charge in [-0.2, -0.15) is 0 Å². The summed E-state index contributed by atoms with van der Waals surface area (Å²) < 4.78 is 13.2. The average molecular weight is 229 g/mol. The molecule has 1 aromatic carbocycles. The van der Waals surface area contributed by atoms with E-state index in [1.54, 1.807) is 0 Å². The minimum Gasteiger partial charge on any atom is -0.508 e. The maximum absolute atomic E-state index is 13.2. The van der Waals surface area contributed by atoms with Crippen LogP contribution in [0.5, 0.6) is 5.75 Å². The molecule has 0 aliphatic rings. The largest absolute Gasteiger partial charge is 0.508 e. The second kappa shape index (κ2) is 4.91. The summed E-state index contributed by atoms with van der Waals surface area (Å²) in [5.41, 5.74) is 4.54. The molecule has 5 N–H and O–H groups in total. The standard InChI is InChI=1S/C10H12FNO4/c11-7-2-1-5(13)3-6(7)10(16)8(14)4-9(12)15/h1-3,8,10,13-14,16H,4H2,(H2,12,15). The first-order chi connectivity index (χ1) is 7.41. The molecule has 0 aliphatic carbocycles. The predicted molar refractivity (Wildman–Crippen MR) is 52.8 cm³/mol. The van der Waals surface area contributed by atoms with Crippen LogP contribution in [0.15, 0.2) is 18.2 Å². The summed E-state index contributed by atoms with van der Waals surface area (Å²) in [6.07, 6.45) is -3.61. The Hall–Kier alpha value is -1.66. The maximum atomic E-state index is 13.2. The Morgan fingerprint density at radius 1 is 1.44 bits per heavy atom. The number of primary amides is 1. The van der Waals surface area contributed by atoms with E-state index in [0.717, 1.165) is 18.2 Å². The number of hydrogen-bond donors (Lipinski definition) is 4. The van der Waals surface area contributed by atoms with Gasteiger partial charge in [0.15, 0.2) is 0 Å². The molecule has 2 unspecified atom stereocenters. The van der Waals surface area contributed by atoms with Crippen molar-refractivity contribution in [2.24, 2.45) is 5.73 Å². The van der Waals surface area contributed by atoms with Gasteiger partial charge in [-0.05, 0) is 18.2 Å². The number of rotatable bonds is 4. The van der Waals surface area contributed by atoms with Crippen LogP contribution in [0.4, 0.5) is 4.39 Å². The number of hydrogen-bond acceptors (Lipinski definition) is 4. The molecule has 0 spiro atoms. The van der Waals surface area contributed by atoms with Crippen LogP contribution in [0, 0.1) is 5.82 Å². The van der Waals surface area contributed by atoms with Crippen molar-refractivity contribution in [1.29, 1.82) is 0 Å². The summed E-state index contributed by atoms with van der Waals surface area (Å²) in [7, 11) is 0. The lowest BCUT2D eigenvalue weighted by atomic mass is 10.0. The van der Waals surface area contributed by atoms with Gasteiger partial charge in [0.1, 0.15) is 17.7 Å². The van der Waals surface area contributed by atoms with Gasteiger partial charge in [-0.1, -0.05) is 0 Å². The molecule has 0 saturated heterocycles. The van der Waals surface area contributed by atoms with E-state index in [0.29, 0.717) is 0 Å². The Morgan fingerprint density at radius 2 is 2.06 bits per heavy atom. The molecule has 6 heteroatoms. The van der Waals surface area contributed by atoms with Crippen LogP contribution in [-0.2, 0) is 4.79 Å². The molecule has 16 heavy (non-hydrogen) atoms. The van der Waals surface area contributed by atoms with Gasteiger partial charge < -0.3 is 21.1 Å². The molecule has 1 aromatic rings. The normalized spacial score (nSPS) is 14.4. The van der Waals surface area contributed by atoms with Crippen LogP contribution in [-0.4, -0.2) is 27.3 Å². The van der Waals surface area contributed by atoms with E-state index in [-0.39, 0.29) is 11.3 Å². The highest BCUT2D eigenvalue weighted by Crippen LogP contribution is 2.25. The fourth-order valence-corrected chi connectivity index (χ4v) is 1.28. The zero-order chi connectivity index (χ0) is 12.3. The Bertz CT molecular complexity index is 396. The van der Waals surface area contributed by atoms with Gasteiger partial charge in [0.25, 0.3) is 0 Å². The van der Waals surface area contributed by atoms with Gasteiger partial charge in [-0.3, -0.25) is 4.79 Å². The average Bonchev–Trinajstić information content (AvgIpc) is 2.19. The summed E-state index contributed by atoms with van der Waals surface area (Å²) in [6.45, 7) is 0. The third-order valence-corrected chi connectivity index (χ3v) is 2.07. The van der Waals surface area contributed by atoms with E-state index >= 15 is 0 Å². The molecular weight excluding hydrogens is 217 g/mol. The topological polar surface area (TPSA) is 104 Å². The van der Waals surface area contributed by atoms with Gasteiger partial charge in [-0.25, -0.2) is 4.39 Å².